The lowest BCUT2D eigenvalue weighted by atomic mass is 10.2. The van der Waals surface area contributed by atoms with E-state index < -0.39 is 0 Å². The second-order valence-electron chi connectivity index (χ2n) is 5.74. The molecule has 0 radical (unpaired) electrons. The number of fused-ring (bicyclic) bond motifs is 1. The zero-order valence-corrected chi connectivity index (χ0v) is 13.8. The first kappa shape index (κ1) is 15.0. The van der Waals surface area contributed by atoms with Crippen LogP contribution in [0.25, 0.3) is 11.0 Å². The van der Waals surface area contributed by atoms with Crippen molar-refractivity contribution in [3.63, 3.8) is 0 Å². The van der Waals surface area contributed by atoms with Gasteiger partial charge >= 0.3 is 0 Å². The maximum absolute atomic E-state index is 12.6. The first-order valence-electron chi connectivity index (χ1n) is 7.82. The van der Waals surface area contributed by atoms with Gasteiger partial charge in [-0.15, -0.1) is 0 Å². The third kappa shape index (κ3) is 2.69. The fraction of sp³-hybridized carbons (Fsp3) is 0.222. The average molecular weight is 340 g/mol. The number of piperazine rings is 1. The van der Waals surface area contributed by atoms with Crippen LogP contribution in [0.15, 0.2) is 51.6 Å². The summed E-state index contributed by atoms with van der Waals surface area (Å²) >= 11 is 1.51. The van der Waals surface area contributed by atoms with Crippen molar-refractivity contribution in [2.24, 2.45) is 0 Å². The van der Waals surface area contributed by atoms with Gasteiger partial charge in [0.05, 0.1) is 5.56 Å². The molecule has 24 heavy (non-hydrogen) atoms. The molecule has 6 heteroatoms. The van der Waals surface area contributed by atoms with Gasteiger partial charge in [0.1, 0.15) is 5.58 Å². The van der Waals surface area contributed by atoms with Gasteiger partial charge in [0.15, 0.2) is 5.76 Å². The highest BCUT2D eigenvalue weighted by Crippen LogP contribution is 2.21. The van der Waals surface area contributed by atoms with Crippen LogP contribution in [0.4, 0.5) is 0 Å². The zero-order valence-electron chi connectivity index (χ0n) is 13.0. The molecule has 3 aromatic rings. The maximum Gasteiger partial charge on any atom is 0.289 e. The third-order valence-electron chi connectivity index (χ3n) is 4.26. The van der Waals surface area contributed by atoms with E-state index in [4.69, 9.17) is 4.42 Å². The number of hydrogen-bond donors (Lipinski definition) is 0. The van der Waals surface area contributed by atoms with Gasteiger partial charge in [0.25, 0.3) is 11.8 Å². The zero-order chi connectivity index (χ0) is 16.5. The van der Waals surface area contributed by atoms with Crippen molar-refractivity contribution in [1.82, 2.24) is 9.80 Å². The Morgan fingerprint density at radius 3 is 2.33 bits per heavy atom. The molecule has 2 amide bonds. The summed E-state index contributed by atoms with van der Waals surface area (Å²) in [5.41, 5.74) is 1.43. The molecule has 1 saturated heterocycles. The molecule has 0 N–H and O–H groups in total. The summed E-state index contributed by atoms with van der Waals surface area (Å²) in [4.78, 5) is 28.5. The predicted molar refractivity (Wildman–Crippen MR) is 92.3 cm³/mol. The van der Waals surface area contributed by atoms with Gasteiger partial charge in [-0.2, -0.15) is 11.3 Å². The molecule has 1 aromatic carbocycles. The molecule has 5 nitrogen and oxygen atoms in total. The molecule has 1 fully saturated rings. The third-order valence-corrected chi connectivity index (χ3v) is 4.94. The smallest absolute Gasteiger partial charge is 0.289 e. The molecule has 0 aliphatic carbocycles. The van der Waals surface area contributed by atoms with E-state index in [-0.39, 0.29) is 11.8 Å². The Bertz CT molecular complexity index is 844. The van der Waals surface area contributed by atoms with Crippen LogP contribution in [-0.4, -0.2) is 47.8 Å². The molecule has 3 heterocycles. The van der Waals surface area contributed by atoms with Crippen molar-refractivity contribution in [2.75, 3.05) is 26.2 Å². The highest BCUT2D eigenvalue weighted by atomic mass is 32.1. The molecular weight excluding hydrogens is 324 g/mol. The molecule has 0 bridgehead atoms. The van der Waals surface area contributed by atoms with E-state index in [9.17, 15) is 9.59 Å². The van der Waals surface area contributed by atoms with E-state index in [1.54, 1.807) is 15.9 Å². The van der Waals surface area contributed by atoms with Gasteiger partial charge < -0.3 is 14.2 Å². The average Bonchev–Trinajstić information content (AvgIpc) is 3.30. The minimum atomic E-state index is -0.117. The van der Waals surface area contributed by atoms with Crippen molar-refractivity contribution in [2.45, 2.75) is 0 Å². The highest BCUT2D eigenvalue weighted by molar-refractivity contribution is 7.08. The number of rotatable bonds is 2. The lowest BCUT2D eigenvalue weighted by molar-refractivity contribution is 0.0520. The van der Waals surface area contributed by atoms with E-state index in [0.29, 0.717) is 37.5 Å². The Kier molecular flexibility index (Phi) is 3.82. The number of para-hydroxylation sites is 1. The highest BCUT2D eigenvalue weighted by Gasteiger charge is 2.27. The summed E-state index contributed by atoms with van der Waals surface area (Å²) in [5.74, 6) is 0.273. The van der Waals surface area contributed by atoms with Gasteiger partial charge in [-0.25, -0.2) is 0 Å². The molecule has 0 atom stereocenters. The first-order valence-corrected chi connectivity index (χ1v) is 8.76. The Hall–Kier alpha value is -2.60. The van der Waals surface area contributed by atoms with Gasteiger partial charge in [-0.05, 0) is 23.6 Å². The van der Waals surface area contributed by atoms with Gasteiger partial charge in [-0.1, -0.05) is 18.2 Å². The van der Waals surface area contributed by atoms with Crippen molar-refractivity contribution >= 4 is 34.1 Å². The summed E-state index contributed by atoms with van der Waals surface area (Å²) < 4.78 is 5.65. The Labute approximate surface area is 143 Å². The van der Waals surface area contributed by atoms with Crippen LogP contribution in [0, 0.1) is 0 Å². The van der Waals surface area contributed by atoms with Crippen LogP contribution in [0.3, 0.4) is 0 Å². The quantitative estimate of drug-likeness (QED) is 0.720. The Morgan fingerprint density at radius 1 is 0.958 bits per heavy atom. The van der Waals surface area contributed by atoms with E-state index in [1.165, 1.54) is 11.3 Å². The standard InChI is InChI=1S/C18H16N2O3S/c21-17(14-5-10-24-12-14)19-6-8-20(9-7-19)18(22)16-11-13-3-1-2-4-15(13)23-16/h1-5,10-12H,6-9H2. The maximum atomic E-state index is 12.6. The number of thiophene rings is 1. The van der Waals surface area contributed by atoms with Crippen LogP contribution >= 0.6 is 11.3 Å². The molecule has 0 spiro atoms. The van der Waals surface area contributed by atoms with E-state index in [1.807, 2.05) is 41.1 Å². The van der Waals surface area contributed by atoms with Crippen LogP contribution in [0.5, 0.6) is 0 Å². The van der Waals surface area contributed by atoms with Crippen molar-refractivity contribution < 1.29 is 14.0 Å². The molecule has 4 rings (SSSR count). The van der Waals surface area contributed by atoms with Gasteiger partial charge in [-0.3, -0.25) is 9.59 Å². The van der Waals surface area contributed by atoms with Crippen LogP contribution in [0.2, 0.25) is 0 Å². The van der Waals surface area contributed by atoms with Gasteiger partial charge in [0, 0.05) is 36.9 Å². The Balaban J connectivity index is 1.43. The molecule has 122 valence electrons. The fourth-order valence-corrected chi connectivity index (χ4v) is 3.55. The summed E-state index contributed by atoms with van der Waals surface area (Å²) in [6.07, 6.45) is 0. The summed E-state index contributed by atoms with van der Waals surface area (Å²) in [6.45, 7) is 2.12. The molecule has 0 saturated carbocycles. The van der Waals surface area contributed by atoms with E-state index >= 15 is 0 Å². The van der Waals surface area contributed by atoms with Gasteiger partial charge in [0.2, 0.25) is 0 Å². The number of carbonyl (C=O) groups is 2. The molecular formula is C18H16N2O3S. The number of nitrogens with zero attached hydrogens (tertiary/aromatic N) is 2. The normalized spacial score (nSPS) is 15.0. The molecule has 1 aliphatic heterocycles. The first-order chi connectivity index (χ1) is 11.7. The number of hydrogen-bond acceptors (Lipinski definition) is 4. The number of benzene rings is 1. The minimum Gasteiger partial charge on any atom is -0.451 e. The summed E-state index contributed by atoms with van der Waals surface area (Å²) in [5, 5.41) is 4.68. The van der Waals surface area contributed by atoms with Crippen LogP contribution in [0.1, 0.15) is 20.9 Å². The summed E-state index contributed by atoms with van der Waals surface area (Å²) in [7, 11) is 0. The molecule has 0 unspecified atom stereocenters. The lowest BCUT2D eigenvalue weighted by Crippen LogP contribution is -2.50. The molecule has 1 aliphatic rings. The van der Waals surface area contributed by atoms with E-state index in [2.05, 4.69) is 0 Å². The van der Waals surface area contributed by atoms with Crippen molar-refractivity contribution in [1.29, 1.82) is 0 Å². The van der Waals surface area contributed by atoms with E-state index in [0.717, 1.165) is 10.9 Å². The second-order valence-corrected chi connectivity index (χ2v) is 6.52. The minimum absolute atomic E-state index is 0.0343. The van der Waals surface area contributed by atoms with Crippen molar-refractivity contribution in [3.8, 4) is 0 Å². The monoisotopic (exact) mass is 340 g/mol. The van der Waals surface area contributed by atoms with Crippen LogP contribution in [-0.2, 0) is 0 Å². The fourth-order valence-electron chi connectivity index (χ4n) is 2.92. The van der Waals surface area contributed by atoms with Crippen LogP contribution < -0.4 is 0 Å². The lowest BCUT2D eigenvalue weighted by Gasteiger charge is -2.34. The number of amides is 2. The molecule has 2 aromatic heterocycles. The predicted octanol–water partition coefficient (Wildman–Crippen LogP) is 3.09. The Morgan fingerprint density at radius 2 is 1.67 bits per heavy atom. The summed E-state index contributed by atoms with van der Waals surface area (Å²) in [6, 6.07) is 11.2. The SMILES string of the molecule is O=C(c1ccsc1)N1CCN(C(=O)c2cc3ccccc3o2)CC1. The largest absolute Gasteiger partial charge is 0.451 e. The number of carbonyl (C=O) groups excluding carboxylic acids is 2. The number of furan rings is 1. The second kappa shape index (κ2) is 6.13. The topological polar surface area (TPSA) is 53.8 Å². The van der Waals surface area contributed by atoms with Crippen molar-refractivity contribution in [3.05, 3.63) is 58.5 Å².